The molecule has 0 aliphatic rings. The number of hydrogen-bond donors (Lipinski definition) is 2. The van der Waals surface area contributed by atoms with Gasteiger partial charge in [-0.15, -0.1) is 0 Å². The van der Waals surface area contributed by atoms with Crippen LogP contribution in [0.2, 0.25) is 0 Å². The van der Waals surface area contributed by atoms with Crippen LogP contribution in [0.25, 0.3) is 0 Å². The fourth-order valence-corrected chi connectivity index (χ4v) is 1.70. The number of nitrogens with zero attached hydrogens (tertiary/aromatic N) is 1. The smallest absolute Gasteiger partial charge is 0.137 e. The van der Waals surface area contributed by atoms with E-state index in [-0.39, 0.29) is 12.7 Å². The summed E-state index contributed by atoms with van der Waals surface area (Å²) in [5.74, 6) is 0.695. The zero-order chi connectivity index (χ0) is 12.8. The monoisotopic (exact) mass is 244 g/mol. The summed E-state index contributed by atoms with van der Waals surface area (Å²) in [5, 5.41) is 9.08. The number of aliphatic hydroxyl groups is 1. The summed E-state index contributed by atoms with van der Waals surface area (Å²) < 4.78 is 5.82. The summed E-state index contributed by atoms with van der Waals surface area (Å²) in [7, 11) is 0. The lowest BCUT2D eigenvalue weighted by molar-refractivity contribution is 0.212. The Balaban J connectivity index is 2.15. The molecule has 1 heterocycles. The SMILES string of the molecule is NCC(Oc1cccc(CO)c1)c1cccnc1. The summed E-state index contributed by atoms with van der Waals surface area (Å²) >= 11 is 0. The van der Waals surface area contributed by atoms with Crippen molar-refractivity contribution < 1.29 is 9.84 Å². The maximum Gasteiger partial charge on any atom is 0.137 e. The third-order valence-corrected chi connectivity index (χ3v) is 2.63. The molecule has 2 rings (SSSR count). The van der Waals surface area contributed by atoms with E-state index in [0.717, 1.165) is 11.1 Å². The third-order valence-electron chi connectivity index (χ3n) is 2.63. The molecule has 0 aliphatic heterocycles. The van der Waals surface area contributed by atoms with Gasteiger partial charge in [-0.3, -0.25) is 4.98 Å². The van der Waals surface area contributed by atoms with E-state index in [0.29, 0.717) is 12.3 Å². The van der Waals surface area contributed by atoms with E-state index in [1.807, 2.05) is 30.3 Å². The molecule has 0 radical (unpaired) electrons. The molecule has 94 valence electrons. The number of pyridine rings is 1. The molecule has 0 amide bonds. The predicted octanol–water partition coefficient (Wildman–Crippen LogP) is 1.65. The minimum absolute atomic E-state index is 0.00260. The molecule has 18 heavy (non-hydrogen) atoms. The normalized spacial score (nSPS) is 12.1. The van der Waals surface area contributed by atoms with Crippen molar-refractivity contribution in [2.45, 2.75) is 12.7 Å². The Hall–Kier alpha value is -1.91. The Kier molecular flexibility index (Phi) is 4.28. The van der Waals surface area contributed by atoms with Crippen LogP contribution in [0.4, 0.5) is 0 Å². The molecule has 4 nitrogen and oxygen atoms in total. The molecule has 0 aliphatic carbocycles. The zero-order valence-electron chi connectivity index (χ0n) is 9.99. The lowest BCUT2D eigenvalue weighted by Gasteiger charge is -2.17. The van der Waals surface area contributed by atoms with Crippen LogP contribution in [0, 0.1) is 0 Å². The van der Waals surface area contributed by atoms with E-state index in [1.165, 1.54) is 0 Å². The van der Waals surface area contributed by atoms with Crippen LogP contribution in [0.5, 0.6) is 5.75 Å². The molecule has 0 fully saturated rings. The van der Waals surface area contributed by atoms with Crippen LogP contribution in [0.1, 0.15) is 17.2 Å². The Morgan fingerprint density at radius 2 is 2.17 bits per heavy atom. The zero-order valence-corrected chi connectivity index (χ0v) is 9.99. The molecule has 0 saturated carbocycles. The molecule has 0 saturated heterocycles. The maximum atomic E-state index is 9.08. The number of rotatable bonds is 5. The van der Waals surface area contributed by atoms with Crippen molar-refractivity contribution in [3.05, 3.63) is 59.9 Å². The first-order chi connectivity index (χ1) is 8.83. The summed E-state index contributed by atoms with van der Waals surface area (Å²) in [4.78, 5) is 4.05. The van der Waals surface area contributed by atoms with Gasteiger partial charge in [0.15, 0.2) is 0 Å². The van der Waals surface area contributed by atoms with Crippen LogP contribution < -0.4 is 10.5 Å². The second-order valence-corrected chi connectivity index (χ2v) is 3.93. The molecular weight excluding hydrogens is 228 g/mol. The van der Waals surface area contributed by atoms with Gasteiger partial charge >= 0.3 is 0 Å². The predicted molar refractivity (Wildman–Crippen MR) is 69.0 cm³/mol. The average Bonchev–Trinajstić information content (AvgIpc) is 2.46. The van der Waals surface area contributed by atoms with Gasteiger partial charge in [0.2, 0.25) is 0 Å². The van der Waals surface area contributed by atoms with Gasteiger partial charge in [-0.05, 0) is 23.8 Å². The molecule has 4 heteroatoms. The van der Waals surface area contributed by atoms with Gasteiger partial charge in [-0.2, -0.15) is 0 Å². The summed E-state index contributed by atoms with van der Waals surface area (Å²) in [6.45, 7) is 0.367. The van der Waals surface area contributed by atoms with E-state index >= 15 is 0 Å². The first-order valence-electron chi connectivity index (χ1n) is 5.80. The second-order valence-electron chi connectivity index (χ2n) is 3.93. The van der Waals surface area contributed by atoms with Crippen molar-refractivity contribution in [3.8, 4) is 5.75 Å². The van der Waals surface area contributed by atoms with Crippen molar-refractivity contribution in [1.82, 2.24) is 4.98 Å². The van der Waals surface area contributed by atoms with Gasteiger partial charge in [-0.1, -0.05) is 18.2 Å². The van der Waals surface area contributed by atoms with E-state index in [1.54, 1.807) is 18.5 Å². The molecule has 1 atom stereocenters. The molecule has 0 bridgehead atoms. The van der Waals surface area contributed by atoms with Gasteiger partial charge in [0.25, 0.3) is 0 Å². The number of nitrogens with two attached hydrogens (primary N) is 1. The lowest BCUT2D eigenvalue weighted by atomic mass is 10.1. The summed E-state index contributed by atoms with van der Waals surface area (Å²) in [6, 6.07) is 11.1. The highest BCUT2D eigenvalue weighted by molar-refractivity contribution is 5.29. The summed E-state index contributed by atoms with van der Waals surface area (Å²) in [6.07, 6.45) is 3.23. The van der Waals surface area contributed by atoms with Crippen molar-refractivity contribution in [2.24, 2.45) is 5.73 Å². The minimum atomic E-state index is -0.229. The van der Waals surface area contributed by atoms with Gasteiger partial charge in [0, 0.05) is 24.5 Å². The van der Waals surface area contributed by atoms with Gasteiger partial charge in [-0.25, -0.2) is 0 Å². The molecule has 2 aromatic rings. The largest absolute Gasteiger partial charge is 0.484 e. The highest BCUT2D eigenvalue weighted by Gasteiger charge is 2.11. The molecular formula is C14H16N2O2. The molecule has 1 unspecified atom stereocenters. The van der Waals surface area contributed by atoms with Crippen molar-refractivity contribution >= 4 is 0 Å². The average molecular weight is 244 g/mol. The molecule has 1 aromatic heterocycles. The highest BCUT2D eigenvalue weighted by atomic mass is 16.5. The Morgan fingerprint density at radius 1 is 1.28 bits per heavy atom. The second kappa shape index (κ2) is 6.14. The number of hydrogen-bond acceptors (Lipinski definition) is 4. The molecule has 1 aromatic carbocycles. The maximum absolute atomic E-state index is 9.08. The van der Waals surface area contributed by atoms with Crippen LogP contribution in [0.15, 0.2) is 48.8 Å². The van der Waals surface area contributed by atoms with Crippen LogP contribution >= 0.6 is 0 Å². The quantitative estimate of drug-likeness (QED) is 0.839. The van der Waals surface area contributed by atoms with E-state index in [4.69, 9.17) is 15.6 Å². The van der Waals surface area contributed by atoms with Crippen molar-refractivity contribution in [2.75, 3.05) is 6.54 Å². The van der Waals surface area contributed by atoms with Crippen molar-refractivity contribution in [1.29, 1.82) is 0 Å². The summed E-state index contributed by atoms with van der Waals surface area (Å²) in [5.41, 5.74) is 7.47. The van der Waals surface area contributed by atoms with Crippen LogP contribution in [0.3, 0.4) is 0 Å². The van der Waals surface area contributed by atoms with Gasteiger partial charge in [0.1, 0.15) is 11.9 Å². The Bertz CT molecular complexity index is 488. The van der Waals surface area contributed by atoms with Gasteiger partial charge in [0.05, 0.1) is 6.61 Å². The van der Waals surface area contributed by atoms with Crippen LogP contribution in [-0.2, 0) is 6.61 Å². The highest BCUT2D eigenvalue weighted by Crippen LogP contribution is 2.21. The van der Waals surface area contributed by atoms with E-state index in [9.17, 15) is 0 Å². The van der Waals surface area contributed by atoms with Crippen LogP contribution in [-0.4, -0.2) is 16.6 Å². The first kappa shape index (κ1) is 12.5. The fraction of sp³-hybridized carbons (Fsp3) is 0.214. The lowest BCUT2D eigenvalue weighted by Crippen LogP contribution is -2.18. The van der Waals surface area contributed by atoms with E-state index in [2.05, 4.69) is 4.98 Å². The molecule has 0 spiro atoms. The minimum Gasteiger partial charge on any atom is -0.484 e. The standard InChI is InChI=1S/C14H16N2O2/c15-8-14(12-4-2-6-16-9-12)18-13-5-1-3-11(7-13)10-17/h1-7,9,14,17H,8,10,15H2. The Labute approximate surface area is 106 Å². The third kappa shape index (κ3) is 3.06. The number of benzene rings is 1. The van der Waals surface area contributed by atoms with Crippen molar-refractivity contribution in [3.63, 3.8) is 0 Å². The number of aromatic nitrogens is 1. The number of ether oxygens (including phenoxy) is 1. The fourth-order valence-electron chi connectivity index (χ4n) is 1.70. The first-order valence-corrected chi connectivity index (χ1v) is 5.80. The van der Waals surface area contributed by atoms with E-state index < -0.39 is 0 Å². The number of aliphatic hydroxyl groups excluding tert-OH is 1. The molecule has 3 N–H and O–H groups in total. The topological polar surface area (TPSA) is 68.4 Å². The van der Waals surface area contributed by atoms with Gasteiger partial charge < -0.3 is 15.6 Å². The Morgan fingerprint density at radius 3 is 2.83 bits per heavy atom.